The van der Waals surface area contributed by atoms with E-state index in [1.54, 1.807) is 0 Å². The lowest BCUT2D eigenvalue weighted by Gasteiger charge is -2.10. The Morgan fingerprint density at radius 2 is 2.29 bits per heavy atom. The maximum absolute atomic E-state index is 6.28. The van der Waals surface area contributed by atoms with Crippen molar-refractivity contribution >= 4 is 0 Å². The molecule has 1 aliphatic carbocycles. The molecule has 1 aliphatic rings. The Balaban J connectivity index is 2.12. The molecule has 14 heavy (non-hydrogen) atoms. The van der Waals surface area contributed by atoms with Crippen LogP contribution in [0.1, 0.15) is 43.2 Å². The van der Waals surface area contributed by atoms with Gasteiger partial charge in [0.05, 0.1) is 0 Å². The summed E-state index contributed by atoms with van der Waals surface area (Å²) in [6, 6.07) is 8.76. The topological polar surface area (TPSA) is 26.0 Å². The van der Waals surface area contributed by atoms with Crippen LogP contribution >= 0.6 is 0 Å². The van der Waals surface area contributed by atoms with E-state index in [2.05, 4.69) is 38.1 Å². The molecule has 1 saturated carbocycles. The molecular formula is C13H19N. The van der Waals surface area contributed by atoms with E-state index in [0.29, 0.717) is 5.92 Å². The van der Waals surface area contributed by atoms with Crippen molar-refractivity contribution in [1.29, 1.82) is 0 Å². The molecule has 0 aliphatic heterocycles. The van der Waals surface area contributed by atoms with Gasteiger partial charge in [0.2, 0.25) is 0 Å². The standard InChI is InChI=1S/C13H19N/c1-3-7-13(14)9-12(13)11-6-4-5-10(2)8-11/h4-6,8,12H,3,7,9,14H2,1-2H3. The van der Waals surface area contributed by atoms with Gasteiger partial charge < -0.3 is 5.73 Å². The summed E-state index contributed by atoms with van der Waals surface area (Å²) in [5, 5.41) is 0. The number of aryl methyl sites for hydroxylation is 1. The lowest BCUT2D eigenvalue weighted by Crippen LogP contribution is -2.23. The summed E-state index contributed by atoms with van der Waals surface area (Å²) in [7, 11) is 0. The minimum absolute atomic E-state index is 0.114. The summed E-state index contributed by atoms with van der Waals surface area (Å²) < 4.78 is 0. The summed E-state index contributed by atoms with van der Waals surface area (Å²) in [6.07, 6.45) is 3.52. The van der Waals surface area contributed by atoms with Gasteiger partial charge in [-0.05, 0) is 25.3 Å². The fourth-order valence-electron chi connectivity index (χ4n) is 2.40. The zero-order valence-corrected chi connectivity index (χ0v) is 9.09. The highest BCUT2D eigenvalue weighted by atomic mass is 14.9. The highest BCUT2D eigenvalue weighted by Gasteiger charge is 2.50. The molecule has 2 N–H and O–H groups in total. The predicted octanol–water partition coefficient (Wildman–Crippen LogP) is 2.98. The quantitative estimate of drug-likeness (QED) is 0.777. The van der Waals surface area contributed by atoms with Gasteiger partial charge >= 0.3 is 0 Å². The molecule has 2 atom stereocenters. The second kappa shape index (κ2) is 3.39. The maximum Gasteiger partial charge on any atom is 0.0230 e. The van der Waals surface area contributed by atoms with Gasteiger partial charge in [0.25, 0.3) is 0 Å². The Kier molecular flexibility index (Phi) is 2.36. The summed E-state index contributed by atoms with van der Waals surface area (Å²) in [6.45, 7) is 4.35. The molecule has 2 rings (SSSR count). The van der Waals surface area contributed by atoms with E-state index in [4.69, 9.17) is 5.73 Å². The highest BCUT2D eigenvalue weighted by Crippen LogP contribution is 2.52. The largest absolute Gasteiger partial charge is 0.325 e. The molecule has 1 aromatic carbocycles. The van der Waals surface area contributed by atoms with E-state index < -0.39 is 0 Å². The third kappa shape index (κ3) is 1.69. The van der Waals surface area contributed by atoms with Crippen LogP contribution in [-0.4, -0.2) is 5.54 Å². The first-order valence-electron chi connectivity index (χ1n) is 5.51. The van der Waals surface area contributed by atoms with E-state index in [9.17, 15) is 0 Å². The molecule has 2 unspecified atom stereocenters. The normalized spacial score (nSPS) is 30.4. The molecule has 76 valence electrons. The van der Waals surface area contributed by atoms with Gasteiger partial charge in [0.1, 0.15) is 0 Å². The van der Waals surface area contributed by atoms with Gasteiger partial charge in [0, 0.05) is 11.5 Å². The SMILES string of the molecule is CCCC1(N)CC1c1cccc(C)c1. The fraction of sp³-hybridized carbons (Fsp3) is 0.538. The molecule has 1 aromatic rings. The molecule has 0 heterocycles. The first-order chi connectivity index (χ1) is 6.65. The van der Waals surface area contributed by atoms with Crippen molar-refractivity contribution in [3.8, 4) is 0 Å². The van der Waals surface area contributed by atoms with Gasteiger partial charge in [-0.15, -0.1) is 0 Å². The van der Waals surface area contributed by atoms with Crippen molar-refractivity contribution in [3.05, 3.63) is 35.4 Å². The Morgan fingerprint density at radius 1 is 1.50 bits per heavy atom. The Hall–Kier alpha value is -0.820. The predicted molar refractivity (Wildman–Crippen MR) is 60.4 cm³/mol. The second-order valence-electron chi connectivity index (χ2n) is 4.65. The van der Waals surface area contributed by atoms with Crippen LogP contribution in [-0.2, 0) is 0 Å². The third-order valence-electron chi connectivity index (χ3n) is 3.28. The maximum atomic E-state index is 6.28. The number of hydrogen-bond donors (Lipinski definition) is 1. The van der Waals surface area contributed by atoms with Crippen molar-refractivity contribution in [2.75, 3.05) is 0 Å². The summed E-state index contributed by atoms with van der Waals surface area (Å²) in [5.41, 5.74) is 9.17. The molecule has 0 amide bonds. The van der Waals surface area contributed by atoms with Crippen LogP contribution < -0.4 is 5.73 Å². The van der Waals surface area contributed by atoms with Crippen LogP contribution in [0.15, 0.2) is 24.3 Å². The molecule has 1 fully saturated rings. The van der Waals surface area contributed by atoms with Crippen LogP contribution in [0.3, 0.4) is 0 Å². The Labute approximate surface area is 86.3 Å². The van der Waals surface area contributed by atoms with E-state index in [1.165, 1.54) is 24.0 Å². The van der Waals surface area contributed by atoms with Gasteiger partial charge in [-0.25, -0.2) is 0 Å². The van der Waals surface area contributed by atoms with Crippen LogP contribution in [0.4, 0.5) is 0 Å². The first kappa shape index (κ1) is 9.72. The smallest absolute Gasteiger partial charge is 0.0230 e. The van der Waals surface area contributed by atoms with Crippen molar-refractivity contribution in [3.63, 3.8) is 0 Å². The molecule has 1 heteroatoms. The average molecular weight is 189 g/mol. The number of nitrogens with two attached hydrogens (primary N) is 1. The van der Waals surface area contributed by atoms with Gasteiger partial charge in [-0.2, -0.15) is 0 Å². The first-order valence-corrected chi connectivity index (χ1v) is 5.51. The number of benzene rings is 1. The number of hydrogen-bond acceptors (Lipinski definition) is 1. The Bertz CT molecular complexity index is 332. The molecular weight excluding hydrogens is 170 g/mol. The minimum Gasteiger partial charge on any atom is -0.325 e. The zero-order valence-electron chi connectivity index (χ0n) is 9.09. The van der Waals surface area contributed by atoms with Gasteiger partial charge in [0.15, 0.2) is 0 Å². The van der Waals surface area contributed by atoms with Crippen LogP contribution in [0.25, 0.3) is 0 Å². The van der Waals surface area contributed by atoms with Crippen molar-refractivity contribution in [2.45, 2.75) is 44.6 Å². The van der Waals surface area contributed by atoms with Crippen molar-refractivity contribution < 1.29 is 0 Å². The minimum atomic E-state index is 0.114. The monoisotopic (exact) mass is 189 g/mol. The molecule has 0 bridgehead atoms. The van der Waals surface area contributed by atoms with Crippen molar-refractivity contribution in [2.24, 2.45) is 5.73 Å². The molecule has 0 aromatic heterocycles. The van der Waals surface area contributed by atoms with Gasteiger partial charge in [-0.1, -0.05) is 43.2 Å². The summed E-state index contributed by atoms with van der Waals surface area (Å²) >= 11 is 0. The molecule has 0 radical (unpaired) electrons. The lowest BCUT2D eigenvalue weighted by molar-refractivity contribution is 0.579. The van der Waals surface area contributed by atoms with E-state index in [-0.39, 0.29) is 5.54 Å². The summed E-state index contributed by atoms with van der Waals surface area (Å²) in [5.74, 6) is 0.613. The van der Waals surface area contributed by atoms with Crippen molar-refractivity contribution in [1.82, 2.24) is 0 Å². The molecule has 1 nitrogen and oxygen atoms in total. The second-order valence-corrected chi connectivity index (χ2v) is 4.65. The number of rotatable bonds is 3. The van der Waals surface area contributed by atoms with Gasteiger partial charge in [-0.3, -0.25) is 0 Å². The molecule has 0 saturated heterocycles. The zero-order chi connectivity index (χ0) is 10.2. The molecule has 0 spiro atoms. The van der Waals surface area contributed by atoms with E-state index in [0.717, 1.165) is 6.42 Å². The average Bonchev–Trinajstić information content (AvgIpc) is 2.78. The third-order valence-corrected chi connectivity index (χ3v) is 3.28. The van der Waals surface area contributed by atoms with Crippen LogP contribution in [0, 0.1) is 6.92 Å². The van der Waals surface area contributed by atoms with E-state index in [1.807, 2.05) is 0 Å². The van der Waals surface area contributed by atoms with E-state index >= 15 is 0 Å². The van der Waals surface area contributed by atoms with Crippen LogP contribution in [0.2, 0.25) is 0 Å². The lowest BCUT2D eigenvalue weighted by atomic mass is 10.0. The Morgan fingerprint density at radius 3 is 2.93 bits per heavy atom. The highest BCUT2D eigenvalue weighted by molar-refractivity contribution is 5.35. The summed E-state index contributed by atoms with van der Waals surface area (Å²) in [4.78, 5) is 0. The van der Waals surface area contributed by atoms with Crippen LogP contribution in [0.5, 0.6) is 0 Å². The fourth-order valence-corrected chi connectivity index (χ4v) is 2.40.